The number of fused-ring (bicyclic) bond motifs is 1. The third-order valence-corrected chi connectivity index (χ3v) is 4.06. The van der Waals surface area contributed by atoms with Gasteiger partial charge in [-0.2, -0.15) is 0 Å². The first-order valence-electron chi connectivity index (χ1n) is 7.42. The van der Waals surface area contributed by atoms with Gasteiger partial charge in [-0.1, -0.05) is 24.3 Å². The molecule has 0 saturated heterocycles. The van der Waals surface area contributed by atoms with Crippen molar-refractivity contribution >= 4 is 11.6 Å². The average Bonchev–Trinajstić information content (AvgIpc) is 2.55. The standard InChI is InChI=1S/C18H19NO3/c1-22-17-8-3-2-6-14(17)18(21)19-16-7-4-5-12-9-10-13(20)11-15(12)16/h2-8,13,20H,9-11H2,1H3,(H,19,21). The van der Waals surface area contributed by atoms with E-state index in [4.69, 9.17) is 4.74 Å². The fourth-order valence-corrected chi connectivity index (χ4v) is 2.91. The zero-order valence-electron chi connectivity index (χ0n) is 12.5. The summed E-state index contributed by atoms with van der Waals surface area (Å²) < 4.78 is 5.23. The van der Waals surface area contributed by atoms with Gasteiger partial charge in [0.05, 0.1) is 18.8 Å². The summed E-state index contributed by atoms with van der Waals surface area (Å²) >= 11 is 0. The Balaban J connectivity index is 1.89. The maximum Gasteiger partial charge on any atom is 0.259 e. The number of para-hydroxylation sites is 1. The number of nitrogens with one attached hydrogen (secondary N) is 1. The van der Waals surface area contributed by atoms with Crippen LogP contribution in [0.2, 0.25) is 0 Å². The van der Waals surface area contributed by atoms with E-state index in [1.54, 1.807) is 19.2 Å². The lowest BCUT2D eigenvalue weighted by Gasteiger charge is -2.23. The van der Waals surface area contributed by atoms with Gasteiger partial charge in [-0.05, 0) is 42.2 Å². The SMILES string of the molecule is COc1ccccc1C(=O)Nc1cccc2c1CC(O)CC2. The Morgan fingerprint density at radius 2 is 2.05 bits per heavy atom. The Hall–Kier alpha value is -2.33. The molecular weight excluding hydrogens is 278 g/mol. The van der Waals surface area contributed by atoms with E-state index in [0.717, 1.165) is 24.1 Å². The van der Waals surface area contributed by atoms with Crippen molar-refractivity contribution in [3.05, 3.63) is 59.2 Å². The van der Waals surface area contributed by atoms with Crippen LogP contribution in [0, 0.1) is 0 Å². The molecule has 2 aromatic carbocycles. The van der Waals surface area contributed by atoms with Crippen molar-refractivity contribution in [1.82, 2.24) is 0 Å². The Kier molecular flexibility index (Phi) is 4.11. The number of benzene rings is 2. The van der Waals surface area contributed by atoms with Crippen LogP contribution in [0.5, 0.6) is 5.75 Å². The summed E-state index contributed by atoms with van der Waals surface area (Å²) in [5.41, 5.74) is 3.50. The van der Waals surface area contributed by atoms with Crippen LogP contribution >= 0.6 is 0 Å². The molecule has 0 aliphatic heterocycles. The number of carbonyl (C=O) groups excluding carboxylic acids is 1. The largest absolute Gasteiger partial charge is 0.496 e. The van der Waals surface area contributed by atoms with E-state index in [9.17, 15) is 9.90 Å². The first-order valence-corrected chi connectivity index (χ1v) is 7.42. The van der Waals surface area contributed by atoms with Crippen LogP contribution in [-0.4, -0.2) is 24.2 Å². The Morgan fingerprint density at radius 3 is 2.86 bits per heavy atom. The summed E-state index contributed by atoms with van der Waals surface area (Å²) in [6.07, 6.45) is 1.86. The van der Waals surface area contributed by atoms with Crippen molar-refractivity contribution < 1.29 is 14.6 Å². The lowest BCUT2D eigenvalue weighted by atomic mass is 9.88. The molecule has 4 heteroatoms. The van der Waals surface area contributed by atoms with E-state index in [0.29, 0.717) is 17.7 Å². The summed E-state index contributed by atoms with van der Waals surface area (Å²) in [6, 6.07) is 13.0. The highest BCUT2D eigenvalue weighted by molar-refractivity contribution is 6.06. The highest BCUT2D eigenvalue weighted by atomic mass is 16.5. The third-order valence-electron chi connectivity index (χ3n) is 4.06. The predicted molar refractivity (Wildman–Crippen MR) is 85.4 cm³/mol. The minimum atomic E-state index is -0.336. The van der Waals surface area contributed by atoms with Crippen LogP contribution in [0.4, 0.5) is 5.69 Å². The minimum Gasteiger partial charge on any atom is -0.496 e. The van der Waals surface area contributed by atoms with Gasteiger partial charge in [-0.15, -0.1) is 0 Å². The van der Waals surface area contributed by atoms with Crippen molar-refractivity contribution in [2.24, 2.45) is 0 Å². The molecule has 0 aromatic heterocycles. The maximum atomic E-state index is 12.5. The van der Waals surface area contributed by atoms with Crippen LogP contribution in [0.1, 0.15) is 27.9 Å². The minimum absolute atomic E-state index is 0.203. The molecule has 1 aliphatic carbocycles. The van der Waals surface area contributed by atoms with Crippen LogP contribution in [0.15, 0.2) is 42.5 Å². The molecule has 22 heavy (non-hydrogen) atoms. The van der Waals surface area contributed by atoms with Crippen LogP contribution < -0.4 is 10.1 Å². The zero-order valence-corrected chi connectivity index (χ0v) is 12.5. The molecule has 1 atom stereocenters. The first kappa shape index (κ1) is 14.6. The van der Waals surface area contributed by atoms with E-state index < -0.39 is 0 Å². The van der Waals surface area contributed by atoms with Crippen molar-refractivity contribution in [1.29, 1.82) is 0 Å². The number of aryl methyl sites for hydroxylation is 1. The van der Waals surface area contributed by atoms with E-state index in [2.05, 4.69) is 11.4 Å². The zero-order chi connectivity index (χ0) is 15.5. The number of rotatable bonds is 3. The Bertz CT molecular complexity index is 696. The smallest absolute Gasteiger partial charge is 0.259 e. The summed E-state index contributed by atoms with van der Waals surface area (Å²) in [4.78, 5) is 12.5. The van der Waals surface area contributed by atoms with Gasteiger partial charge in [-0.25, -0.2) is 0 Å². The van der Waals surface area contributed by atoms with E-state index in [-0.39, 0.29) is 12.0 Å². The molecule has 1 aliphatic rings. The maximum absolute atomic E-state index is 12.5. The lowest BCUT2D eigenvalue weighted by molar-refractivity contribution is 0.102. The van der Waals surface area contributed by atoms with Crippen LogP contribution in [0.25, 0.3) is 0 Å². The number of aliphatic hydroxyl groups is 1. The van der Waals surface area contributed by atoms with Gasteiger partial charge in [0, 0.05) is 12.1 Å². The number of hydrogen-bond donors (Lipinski definition) is 2. The highest BCUT2D eigenvalue weighted by Gasteiger charge is 2.20. The number of hydrogen-bond acceptors (Lipinski definition) is 3. The third kappa shape index (κ3) is 2.83. The van der Waals surface area contributed by atoms with E-state index in [1.807, 2.05) is 24.3 Å². The van der Waals surface area contributed by atoms with Gasteiger partial charge in [0.25, 0.3) is 5.91 Å². The average molecular weight is 297 g/mol. The van der Waals surface area contributed by atoms with Crippen LogP contribution in [-0.2, 0) is 12.8 Å². The number of aliphatic hydroxyl groups excluding tert-OH is 1. The highest BCUT2D eigenvalue weighted by Crippen LogP contribution is 2.29. The molecule has 114 valence electrons. The molecule has 0 spiro atoms. The number of amides is 1. The Morgan fingerprint density at radius 1 is 1.23 bits per heavy atom. The molecule has 0 saturated carbocycles. The second-order valence-corrected chi connectivity index (χ2v) is 5.49. The summed E-state index contributed by atoms with van der Waals surface area (Å²) in [5, 5.41) is 12.8. The molecular formula is C18H19NO3. The van der Waals surface area contributed by atoms with Gasteiger partial charge in [0.2, 0.25) is 0 Å². The van der Waals surface area contributed by atoms with E-state index >= 15 is 0 Å². The van der Waals surface area contributed by atoms with Gasteiger partial charge in [-0.3, -0.25) is 4.79 Å². The van der Waals surface area contributed by atoms with Crippen molar-refractivity contribution in [2.75, 3.05) is 12.4 Å². The van der Waals surface area contributed by atoms with Crippen molar-refractivity contribution in [2.45, 2.75) is 25.4 Å². The molecule has 1 unspecified atom stereocenters. The fourth-order valence-electron chi connectivity index (χ4n) is 2.91. The molecule has 2 N–H and O–H groups in total. The summed E-state index contributed by atoms with van der Waals surface area (Å²) in [6.45, 7) is 0. The van der Waals surface area contributed by atoms with Crippen LogP contribution in [0.3, 0.4) is 0 Å². The molecule has 0 bridgehead atoms. The topological polar surface area (TPSA) is 58.6 Å². The quantitative estimate of drug-likeness (QED) is 0.916. The summed E-state index contributed by atoms with van der Waals surface area (Å²) in [5.74, 6) is 0.343. The monoisotopic (exact) mass is 297 g/mol. The normalized spacial score (nSPS) is 16.7. The number of ether oxygens (including phenoxy) is 1. The van der Waals surface area contributed by atoms with E-state index in [1.165, 1.54) is 5.56 Å². The number of methoxy groups -OCH3 is 1. The first-order chi connectivity index (χ1) is 10.7. The lowest BCUT2D eigenvalue weighted by Crippen LogP contribution is -2.22. The molecule has 0 fully saturated rings. The molecule has 4 nitrogen and oxygen atoms in total. The second-order valence-electron chi connectivity index (χ2n) is 5.49. The molecule has 1 amide bonds. The van der Waals surface area contributed by atoms with Gasteiger partial charge in [0.15, 0.2) is 0 Å². The second kappa shape index (κ2) is 6.20. The molecule has 0 heterocycles. The molecule has 2 aromatic rings. The molecule has 0 radical (unpaired) electrons. The van der Waals surface area contributed by atoms with Gasteiger partial charge < -0.3 is 15.2 Å². The van der Waals surface area contributed by atoms with Crippen molar-refractivity contribution in [3.8, 4) is 5.75 Å². The van der Waals surface area contributed by atoms with Crippen molar-refractivity contribution in [3.63, 3.8) is 0 Å². The summed E-state index contributed by atoms with van der Waals surface area (Å²) in [7, 11) is 1.55. The van der Waals surface area contributed by atoms with Gasteiger partial charge in [0.1, 0.15) is 5.75 Å². The fraction of sp³-hybridized carbons (Fsp3) is 0.278. The number of carbonyl (C=O) groups is 1. The molecule has 3 rings (SSSR count). The van der Waals surface area contributed by atoms with Gasteiger partial charge >= 0.3 is 0 Å². The Labute approximate surface area is 129 Å². The number of anilines is 1. The predicted octanol–water partition coefficient (Wildman–Crippen LogP) is 2.80.